The smallest absolute Gasteiger partial charge is 0.335 e. The summed E-state index contributed by atoms with van der Waals surface area (Å²) in [6.45, 7) is 7.49. The number of nitrogens with one attached hydrogen (secondary N) is 1. The Balaban J connectivity index is 1.27. The molecule has 0 heterocycles. The number of hydrogen-bond donors (Lipinski definition) is 3. The Labute approximate surface area is 225 Å². The van der Waals surface area contributed by atoms with Crippen molar-refractivity contribution in [2.24, 2.45) is 5.92 Å². The molecule has 0 amide bonds. The number of nitrogens with zero attached hydrogens (tertiary/aromatic N) is 1. The number of β-amino-alcohol motifs (C(OH)–C–C–N with tert-alkyl or cyclic N) is 1. The Morgan fingerprint density at radius 2 is 1.78 bits per heavy atom. The van der Waals surface area contributed by atoms with Crippen LogP contribution in [0.5, 0.6) is 0 Å². The van der Waals surface area contributed by atoms with Crippen molar-refractivity contribution in [3.05, 3.63) is 89.0 Å². The van der Waals surface area contributed by atoms with Gasteiger partial charge >= 0.3 is 5.97 Å². The van der Waals surface area contributed by atoms with Gasteiger partial charge in [-0.1, -0.05) is 42.5 Å². The molecule has 3 aromatic carbocycles. The molecule has 0 radical (unpaired) electrons. The van der Waals surface area contributed by atoms with Gasteiger partial charge in [-0.25, -0.2) is 9.10 Å². The molecule has 196 valence electrons. The van der Waals surface area contributed by atoms with Gasteiger partial charge in [-0.2, -0.15) is 0 Å². The SMILES string of the molecule is Cc1cc(C(=O)O)ccc1-c1cccc(SN(C)C[C@H](O)CNC(C)(C)CC2Cc3ccccc3C2)c1. The highest BCUT2D eigenvalue weighted by atomic mass is 32.2. The minimum absolute atomic E-state index is 0.0399. The maximum absolute atomic E-state index is 11.3. The molecule has 0 bridgehead atoms. The third kappa shape index (κ3) is 7.45. The quantitative estimate of drug-likeness (QED) is 0.277. The van der Waals surface area contributed by atoms with E-state index in [4.69, 9.17) is 0 Å². The van der Waals surface area contributed by atoms with E-state index in [0.717, 1.165) is 40.8 Å². The molecule has 0 saturated heterocycles. The highest BCUT2D eigenvalue weighted by Crippen LogP contribution is 2.32. The van der Waals surface area contributed by atoms with Crippen molar-refractivity contribution >= 4 is 17.9 Å². The minimum atomic E-state index is -0.916. The molecule has 3 N–H and O–H groups in total. The number of hydrogen-bond acceptors (Lipinski definition) is 5. The van der Waals surface area contributed by atoms with Crippen molar-refractivity contribution in [1.29, 1.82) is 0 Å². The number of aromatic carboxylic acids is 1. The van der Waals surface area contributed by atoms with Gasteiger partial charge in [0.1, 0.15) is 0 Å². The number of rotatable bonds is 11. The number of benzene rings is 3. The van der Waals surface area contributed by atoms with E-state index in [-0.39, 0.29) is 5.54 Å². The van der Waals surface area contributed by atoms with Crippen LogP contribution in [-0.4, -0.2) is 52.3 Å². The van der Waals surface area contributed by atoms with Crippen molar-refractivity contribution < 1.29 is 15.0 Å². The lowest BCUT2D eigenvalue weighted by atomic mass is 9.88. The first-order chi connectivity index (χ1) is 17.6. The number of aliphatic hydroxyl groups is 1. The number of carbonyl (C=O) groups is 1. The van der Waals surface area contributed by atoms with Crippen molar-refractivity contribution in [2.45, 2.75) is 56.6 Å². The molecule has 0 aromatic heterocycles. The zero-order valence-electron chi connectivity index (χ0n) is 22.2. The number of carboxylic acid groups (broad SMARTS) is 1. The standard InChI is InChI=1S/C31H38N2O3S/c1-21-14-26(30(35)36)12-13-29(21)25-10-7-11-28(17-25)37-33(4)20-27(34)19-32-31(2,3)18-22-15-23-8-5-6-9-24(23)16-22/h5-14,17,22,27,32,34H,15-16,18-20H2,1-4H3,(H,35,36)/t27-/m1/s1. The van der Waals surface area contributed by atoms with Crippen LogP contribution in [0, 0.1) is 12.8 Å². The van der Waals surface area contributed by atoms with Crippen LogP contribution in [0.3, 0.4) is 0 Å². The van der Waals surface area contributed by atoms with Crippen LogP contribution in [0.1, 0.15) is 47.3 Å². The predicted octanol–water partition coefficient (Wildman–Crippen LogP) is 5.83. The first-order valence-electron chi connectivity index (χ1n) is 12.9. The normalized spacial score (nSPS) is 14.6. The van der Waals surface area contributed by atoms with Crippen LogP contribution >= 0.6 is 11.9 Å². The summed E-state index contributed by atoms with van der Waals surface area (Å²) in [5.74, 6) is -0.271. The van der Waals surface area contributed by atoms with Gasteiger partial charge < -0.3 is 15.5 Å². The molecule has 3 aromatic rings. The maximum Gasteiger partial charge on any atom is 0.335 e. The second-order valence-corrected chi connectivity index (χ2v) is 12.2. The Kier molecular flexibility index (Phi) is 8.75. The van der Waals surface area contributed by atoms with E-state index in [0.29, 0.717) is 24.6 Å². The summed E-state index contributed by atoms with van der Waals surface area (Å²) in [4.78, 5) is 12.3. The fraction of sp³-hybridized carbons (Fsp3) is 0.387. The van der Waals surface area contributed by atoms with E-state index in [1.807, 2.05) is 32.2 Å². The first kappa shape index (κ1) is 27.4. The third-order valence-electron chi connectivity index (χ3n) is 7.10. The van der Waals surface area contributed by atoms with E-state index < -0.39 is 12.1 Å². The third-order valence-corrected chi connectivity index (χ3v) is 8.02. The van der Waals surface area contributed by atoms with Gasteiger partial charge in [-0.3, -0.25) is 0 Å². The lowest BCUT2D eigenvalue weighted by molar-refractivity contribution is 0.0696. The summed E-state index contributed by atoms with van der Waals surface area (Å²) < 4.78 is 2.06. The molecule has 0 aliphatic heterocycles. The van der Waals surface area contributed by atoms with Crippen LogP contribution in [-0.2, 0) is 12.8 Å². The van der Waals surface area contributed by atoms with Gasteiger partial charge in [0.15, 0.2) is 0 Å². The maximum atomic E-state index is 11.3. The molecule has 0 spiro atoms. The summed E-state index contributed by atoms with van der Waals surface area (Å²) >= 11 is 1.60. The van der Waals surface area contributed by atoms with Crippen LogP contribution in [0.4, 0.5) is 0 Å². The summed E-state index contributed by atoms with van der Waals surface area (Å²) in [7, 11) is 1.99. The molecule has 6 heteroatoms. The number of aliphatic hydroxyl groups excluding tert-OH is 1. The molecular weight excluding hydrogens is 480 g/mol. The van der Waals surface area contributed by atoms with Gasteiger partial charge in [-0.15, -0.1) is 0 Å². The molecule has 0 fully saturated rings. The number of aryl methyl sites for hydroxylation is 1. The van der Waals surface area contributed by atoms with Crippen molar-refractivity contribution in [3.63, 3.8) is 0 Å². The van der Waals surface area contributed by atoms with Crippen LogP contribution in [0.25, 0.3) is 11.1 Å². The van der Waals surface area contributed by atoms with Gasteiger partial charge in [-0.05, 0) is 117 Å². The number of carboxylic acids is 1. The molecule has 5 nitrogen and oxygen atoms in total. The topological polar surface area (TPSA) is 72.8 Å². The predicted molar refractivity (Wildman–Crippen MR) is 152 cm³/mol. The van der Waals surface area contributed by atoms with E-state index in [1.54, 1.807) is 24.1 Å². The largest absolute Gasteiger partial charge is 0.478 e. The van der Waals surface area contributed by atoms with Crippen molar-refractivity contribution in [3.8, 4) is 11.1 Å². The van der Waals surface area contributed by atoms with Crippen molar-refractivity contribution in [1.82, 2.24) is 9.62 Å². The number of fused-ring (bicyclic) bond motifs is 1. The van der Waals surface area contributed by atoms with E-state index in [2.05, 4.69) is 59.9 Å². The van der Waals surface area contributed by atoms with E-state index in [1.165, 1.54) is 11.1 Å². The molecule has 1 aliphatic rings. The second-order valence-electron chi connectivity index (χ2n) is 10.9. The average Bonchev–Trinajstić information content (AvgIpc) is 3.24. The summed E-state index contributed by atoms with van der Waals surface area (Å²) in [6, 6.07) is 22.2. The molecule has 37 heavy (non-hydrogen) atoms. The van der Waals surface area contributed by atoms with Gasteiger partial charge in [0.05, 0.1) is 11.7 Å². The van der Waals surface area contributed by atoms with Gasteiger partial charge in [0.25, 0.3) is 0 Å². The Hall–Kier alpha value is -2.64. The fourth-order valence-electron chi connectivity index (χ4n) is 5.40. The molecule has 1 aliphatic carbocycles. The molecule has 1 atom stereocenters. The monoisotopic (exact) mass is 518 g/mol. The summed E-state index contributed by atoms with van der Waals surface area (Å²) in [6.07, 6.45) is 2.89. The zero-order chi connectivity index (χ0) is 26.6. The highest BCUT2D eigenvalue weighted by Gasteiger charge is 2.28. The Morgan fingerprint density at radius 1 is 1.08 bits per heavy atom. The Bertz CT molecular complexity index is 1220. The van der Waals surface area contributed by atoms with Gasteiger partial charge in [0, 0.05) is 23.5 Å². The first-order valence-corrected chi connectivity index (χ1v) is 13.7. The minimum Gasteiger partial charge on any atom is -0.478 e. The zero-order valence-corrected chi connectivity index (χ0v) is 23.0. The van der Waals surface area contributed by atoms with Crippen molar-refractivity contribution in [2.75, 3.05) is 20.1 Å². The van der Waals surface area contributed by atoms with Crippen LogP contribution in [0.15, 0.2) is 71.6 Å². The lowest BCUT2D eigenvalue weighted by Crippen LogP contribution is -2.46. The van der Waals surface area contributed by atoms with Crippen LogP contribution in [0.2, 0.25) is 0 Å². The summed E-state index contributed by atoms with van der Waals surface area (Å²) in [5.41, 5.74) is 6.23. The van der Waals surface area contributed by atoms with Crippen LogP contribution < -0.4 is 5.32 Å². The second kappa shape index (κ2) is 11.8. The molecular formula is C31H38N2O3S. The molecule has 4 rings (SSSR count). The highest BCUT2D eigenvalue weighted by molar-refractivity contribution is 7.97. The van der Waals surface area contributed by atoms with E-state index in [9.17, 15) is 15.0 Å². The van der Waals surface area contributed by atoms with E-state index >= 15 is 0 Å². The molecule has 0 saturated carbocycles. The Morgan fingerprint density at radius 3 is 2.43 bits per heavy atom. The average molecular weight is 519 g/mol. The summed E-state index contributed by atoms with van der Waals surface area (Å²) in [5, 5.41) is 23.6. The van der Waals surface area contributed by atoms with Gasteiger partial charge in [0.2, 0.25) is 0 Å². The molecule has 0 unspecified atom stereocenters. The number of likely N-dealkylation sites (N-methyl/N-ethyl adjacent to an activating group) is 1. The lowest BCUT2D eigenvalue weighted by Gasteiger charge is -2.31. The fourth-order valence-corrected chi connectivity index (χ4v) is 6.33.